The smallest absolute Gasteiger partial charge is 0.324 e. The molecule has 3 rings (SSSR count). The Morgan fingerprint density at radius 2 is 2.06 bits per heavy atom. The molecule has 1 aromatic carbocycles. The van der Waals surface area contributed by atoms with Gasteiger partial charge >= 0.3 is 6.03 Å². The molecule has 4 N–H and O–H groups in total. The van der Waals surface area contributed by atoms with Crippen LogP contribution >= 0.6 is 0 Å². The van der Waals surface area contributed by atoms with Crippen molar-refractivity contribution in [1.82, 2.24) is 15.0 Å². The molecule has 0 saturated heterocycles. The van der Waals surface area contributed by atoms with Crippen LogP contribution in [-0.4, -0.2) is 26.9 Å². The van der Waals surface area contributed by atoms with Gasteiger partial charge in [0.25, 0.3) is 5.91 Å². The molecule has 90 valence electrons. The van der Waals surface area contributed by atoms with Crippen LogP contribution < -0.4 is 16.4 Å². The van der Waals surface area contributed by atoms with E-state index < -0.39 is 11.9 Å². The first-order valence-corrected chi connectivity index (χ1v) is 5.10. The second-order valence-corrected chi connectivity index (χ2v) is 3.66. The van der Waals surface area contributed by atoms with Crippen LogP contribution in [0.15, 0.2) is 24.3 Å². The largest absolute Gasteiger partial charge is 0.364 e. The highest BCUT2D eigenvalue weighted by Gasteiger charge is 2.24. The molecule has 0 radical (unpaired) electrons. The number of fused-ring (bicyclic) bond motifs is 3. The van der Waals surface area contributed by atoms with Gasteiger partial charge in [-0.1, -0.05) is 17.3 Å². The fourth-order valence-electron chi connectivity index (χ4n) is 1.75. The summed E-state index contributed by atoms with van der Waals surface area (Å²) in [5.74, 6) is -0.596. The number of nitrogens with two attached hydrogens (primary N) is 1. The van der Waals surface area contributed by atoms with E-state index in [0.29, 0.717) is 11.4 Å². The molecule has 1 aliphatic heterocycles. The predicted octanol–water partition coefficient (Wildman–Crippen LogP) is 0.324. The Labute approximate surface area is 101 Å². The second-order valence-electron chi connectivity index (χ2n) is 3.66. The summed E-state index contributed by atoms with van der Waals surface area (Å²) >= 11 is 0. The van der Waals surface area contributed by atoms with Crippen molar-refractivity contribution in [2.75, 3.05) is 10.6 Å². The number of nitrogens with one attached hydrogen (secondary N) is 2. The zero-order chi connectivity index (χ0) is 12.7. The van der Waals surface area contributed by atoms with Crippen LogP contribution in [0, 0.1) is 0 Å². The molecule has 8 heteroatoms. The summed E-state index contributed by atoms with van der Waals surface area (Å²) < 4.78 is 1.35. The molecule has 0 aliphatic carbocycles. The van der Waals surface area contributed by atoms with Gasteiger partial charge in [0.05, 0.1) is 11.4 Å². The van der Waals surface area contributed by atoms with E-state index in [1.54, 1.807) is 24.3 Å². The number of carbonyl (C=O) groups excluding carboxylic acids is 2. The maximum absolute atomic E-state index is 11.6. The number of hydrogen-bond donors (Lipinski definition) is 3. The number of anilines is 2. The first-order valence-electron chi connectivity index (χ1n) is 5.10. The molecule has 3 amide bonds. The fourth-order valence-corrected chi connectivity index (χ4v) is 1.75. The third-order valence-electron chi connectivity index (χ3n) is 2.52. The highest BCUT2D eigenvalue weighted by atomic mass is 16.2. The van der Waals surface area contributed by atoms with Crippen LogP contribution in [-0.2, 0) is 0 Å². The van der Waals surface area contributed by atoms with Crippen LogP contribution in [0.4, 0.5) is 16.3 Å². The number of nitrogens with zero attached hydrogens (tertiary/aromatic N) is 3. The SMILES string of the molecule is NC(=O)c1nnn2c1NC(=O)Nc1ccccc1-2. The predicted molar refractivity (Wildman–Crippen MR) is 62.5 cm³/mol. The van der Waals surface area contributed by atoms with E-state index >= 15 is 0 Å². The van der Waals surface area contributed by atoms with Gasteiger partial charge in [-0.05, 0) is 12.1 Å². The van der Waals surface area contributed by atoms with Gasteiger partial charge < -0.3 is 11.1 Å². The average Bonchev–Trinajstić information content (AvgIpc) is 2.67. The maximum Gasteiger partial charge on any atom is 0.324 e. The van der Waals surface area contributed by atoms with Crippen molar-refractivity contribution in [2.24, 2.45) is 5.73 Å². The van der Waals surface area contributed by atoms with Gasteiger partial charge in [-0.3, -0.25) is 10.1 Å². The number of primary amides is 1. The summed E-state index contributed by atoms with van der Waals surface area (Å²) in [6.45, 7) is 0. The molecule has 0 fully saturated rings. The van der Waals surface area contributed by atoms with E-state index in [0.717, 1.165) is 0 Å². The van der Waals surface area contributed by atoms with E-state index in [2.05, 4.69) is 20.9 Å². The quantitative estimate of drug-likeness (QED) is 0.670. The molecule has 1 aliphatic rings. The second kappa shape index (κ2) is 3.55. The topological polar surface area (TPSA) is 115 Å². The molecule has 18 heavy (non-hydrogen) atoms. The lowest BCUT2D eigenvalue weighted by Crippen LogP contribution is -2.21. The fraction of sp³-hybridized carbons (Fsp3) is 0. The number of rotatable bonds is 1. The molecule has 0 saturated carbocycles. The van der Waals surface area contributed by atoms with Gasteiger partial charge in [0.2, 0.25) is 0 Å². The Morgan fingerprint density at radius 1 is 1.28 bits per heavy atom. The molecule has 0 unspecified atom stereocenters. The minimum Gasteiger partial charge on any atom is -0.364 e. The Bertz CT molecular complexity index is 662. The van der Waals surface area contributed by atoms with Crippen molar-refractivity contribution in [3.8, 4) is 5.69 Å². The van der Waals surface area contributed by atoms with E-state index in [1.165, 1.54) is 4.68 Å². The van der Waals surface area contributed by atoms with Crippen molar-refractivity contribution >= 4 is 23.4 Å². The summed E-state index contributed by atoms with van der Waals surface area (Å²) in [4.78, 5) is 22.8. The number of hydrogen-bond acceptors (Lipinski definition) is 4. The Kier molecular flexibility index (Phi) is 2.03. The van der Waals surface area contributed by atoms with E-state index in [1.807, 2.05) is 0 Å². The first-order chi connectivity index (χ1) is 8.66. The summed E-state index contributed by atoms with van der Waals surface area (Å²) in [5.41, 5.74) is 6.26. The van der Waals surface area contributed by atoms with Crippen molar-refractivity contribution in [3.05, 3.63) is 30.0 Å². The van der Waals surface area contributed by atoms with E-state index in [9.17, 15) is 9.59 Å². The van der Waals surface area contributed by atoms with Crippen LogP contribution in [0.25, 0.3) is 5.69 Å². The molecular weight excluding hydrogens is 236 g/mol. The summed E-state index contributed by atoms with van der Waals surface area (Å²) in [6, 6.07) is 6.54. The Hall–Kier alpha value is -2.90. The third-order valence-corrected chi connectivity index (χ3v) is 2.52. The van der Waals surface area contributed by atoms with Gasteiger partial charge in [0, 0.05) is 0 Å². The van der Waals surface area contributed by atoms with Gasteiger partial charge in [0.1, 0.15) is 0 Å². The highest BCUT2D eigenvalue weighted by molar-refractivity contribution is 6.06. The van der Waals surface area contributed by atoms with E-state index in [-0.39, 0.29) is 11.5 Å². The van der Waals surface area contributed by atoms with Gasteiger partial charge in [-0.2, -0.15) is 4.68 Å². The number of aromatic nitrogens is 3. The van der Waals surface area contributed by atoms with Gasteiger partial charge in [0.15, 0.2) is 11.5 Å². The number of carbonyl (C=O) groups is 2. The molecule has 2 aromatic rings. The summed E-state index contributed by atoms with van der Waals surface area (Å²) in [6.07, 6.45) is 0. The Morgan fingerprint density at radius 3 is 2.83 bits per heavy atom. The van der Waals surface area contributed by atoms with Gasteiger partial charge in [-0.15, -0.1) is 5.10 Å². The first kappa shape index (κ1) is 10.3. The van der Waals surface area contributed by atoms with Crippen molar-refractivity contribution < 1.29 is 9.59 Å². The summed E-state index contributed by atoms with van der Waals surface area (Å²) in [7, 11) is 0. The summed E-state index contributed by atoms with van der Waals surface area (Å²) in [5, 5.41) is 12.6. The molecule has 0 atom stereocenters. The zero-order valence-electron chi connectivity index (χ0n) is 9.04. The molecule has 0 spiro atoms. The number of benzene rings is 1. The lowest BCUT2D eigenvalue weighted by molar-refractivity contribution is 0.0996. The standard InChI is InChI=1S/C10H8N6O2/c11-8(17)7-9-13-10(18)12-5-3-1-2-4-6(5)16(9)15-14-7/h1-4H,(H2,11,17)(H2,12,13,18). The van der Waals surface area contributed by atoms with Gasteiger partial charge in [-0.25, -0.2) is 4.79 Å². The average molecular weight is 244 g/mol. The van der Waals surface area contributed by atoms with Crippen molar-refractivity contribution in [1.29, 1.82) is 0 Å². The minimum atomic E-state index is -0.754. The van der Waals surface area contributed by atoms with Crippen LogP contribution in [0.1, 0.15) is 10.5 Å². The Balaban J connectivity index is 2.28. The maximum atomic E-state index is 11.6. The number of para-hydroxylation sites is 2. The number of amides is 3. The van der Waals surface area contributed by atoms with Crippen molar-refractivity contribution in [2.45, 2.75) is 0 Å². The van der Waals surface area contributed by atoms with Crippen molar-refractivity contribution in [3.63, 3.8) is 0 Å². The molecular formula is C10H8N6O2. The van der Waals surface area contributed by atoms with Crippen LogP contribution in [0.2, 0.25) is 0 Å². The molecule has 0 bridgehead atoms. The van der Waals surface area contributed by atoms with Crippen LogP contribution in [0.3, 0.4) is 0 Å². The lowest BCUT2D eigenvalue weighted by Gasteiger charge is -2.04. The number of urea groups is 1. The lowest BCUT2D eigenvalue weighted by atomic mass is 10.2. The minimum absolute atomic E-state index is 0.0816. The third kappa shape index (κ3) is 1.39. The monoisotopic (exact) mass is 244 g/mol. The molecule has 2 heterocycles. The molecule has 8 nitrogen and oxygen atoms in total. The van der Waals surface area contributed by atoms with E-state index in [4.69, 9.17) is 5.73 Å². The highest BCUT2D eigenvalue weighted by Crippen LogP contribution is 2.27. The normalized spacial score (nSPS) is 12.8. The molecule has 1 aromatic heterocycles. The van der Waals surface area contributed by atoms with Crippen LogP contribution in [0.5, 0.6) is 0 Å². The zero-order valence-corrected chi connectivity index (χ0v) is 9.04.